The van der Waals surface area contributed by atoms with E-state index >= 15 is 0 Å². The van der Waals surface area contributed by atoms with Gasteiger partial charge in [0.05, 0.1) is 5.52 Å². The summed E-state index contributed by atoms with van der Waals surface area (Å²) in [7, 11) is 0. The first-order chi connectivity index (χ1) is 8.81. The van der Waals surface area contributed by atoms with E-state index in [2.05, 4.69) is 20.9 Å². The number of anilines is 1. The zero-order valence-electron chi connectivity index (χ0n) is 9.47. The summed E-state index contributed by atoms with van der Waals surface area (Å²) in [5.41, 5.74) is 0.966. The highest BCUT2D eigenvalue weighted by Gasteiger charge is 2.53. The maximum Gasteiger partial charge on any atom is 0.321 e. The molecule has 2 aromatic rings. The summed E-state index contributed by atoms with van der Waals surface area (Å²) in [5.74, 6) is 1.27. The average molecular weight is 280 g/mol. The Morgan fingerprint density at radius 2 is 2.28 bits per heavy atom. The number of hydrogen-bond acceptors (Lipinski definition) is 5. The van der Waals surface area contributed by atoms with Crippen LogP contribution in [-0.2, 0) is 0 Å². The minimum absolute atomic E-state index is 0.129. The monoisotopic (exact) mass is 280 g/mol. The maximum atomic E-state index is 11.8. The number of piperidine rings is 1. The molecule has 0 aromatic carbocycles. The molecule has 94 valence electrons. The Bertz CT molecular complexity index is 568. The third kappa shape index (κ3) is 1.70. The summed E-state index contributed by atoms with van der Waals surface area (Å²) in [6.07, 6.45) is 0. The van der Waals surface area contributed by atoms with Crippen LogP contribution in [0.25, 0.3) is 9.53 Å². The number of rotatable bonds is 2. The minimum Gasteiger partial charge on any atom is -0.334 e. The molecule has 1 aliphatic heterocycles. The van der Waals surface area contributed by atoms with Gasteiger partial charge in [0.2, 0.25) is 0 Å². The van der Waals surface area contributed by atoms with Crippen molar-refractivity contribution in [2.45, 2.75) is 6.04 Å². The van der Waals surface area contributed by atoms with Crippen LogP contribution in [0.3, 0.4) is 0 Å². The number of hydrogen-bond donors (Lipinski definition) is 3. The lowest BCUT2D eigenvalue weighted by Gasteiger charge is -2.07. The molecule has 7 heteroatoms. The molecule has 5 nitrogen and oxygen atoms in total. The van der Waals surface area contributed by atoms with Crippen molar-refractivity contribution in [3.8, 4) is 0 Å². The second kappa shape index (κ2) is 3.91. The first kappa shape index (κ1) is 10.7. The van der Waals surface area contributed by atoms with Gasteiger partial charge in [-0.1, -0.05) is 11.3 Å². The Labute approximate surface area is 112 Å². The van der Waals surface area contributed by atoms with E-state index in [1.165, 1.54) is 11.3 Å². The van der Waals surface area contributed by atoms with Crippen LogP contribution in [0.4, 0.5) is 9.93 Å². The number of thiophene rings is 1. The van der Waals surface area contributed by atoms with Gasteiger partial charge in [0, 0.05) is 19.1 Å². The summed E-state index contributed by atoms with van der Waals surface area (Å²) in [6.45, 7) is 2.06. The highest BCUT2D eigenvalue weighted by Crippen LogP contribution is 2.41. The van der Waals surface area contributed by atoms with E-state index in [0.717, 1.165) is 22.6 Å². The quantitative estimate of drug-likeness (QED) is 0.784. The van der Waals surface area contributed by atoms with Crippen LogP contribution in [0.5, 0.6) is 0 Å². The molecule has 3 atom stereocenters. The number of carbonyl (C=O) groups is 1. The molecule has 1 aliphatic carbocycles. The molecule has 2 fully saturated rings. The average Bonchev–Trinajstić information content (AvgIpc) is 2.80. The molecule has 0 spiro atoms. The molecule has 1 saturated heterocycles. The van der Waals surface area contributed by atoms with Crippen molar-refractivity contribution in [3.63, 3.8) is 0 Å². The molecule has 0 bridgehead atoms. The predicted molar refractivity (Wildman–Crippen MR) is 73.3 cm³/mol. The highest BCUT2D eigenvalue weighted by atomic mass is 32.2. The highest BCUT2D eigenvalue weighted by molar-refractivity contribution is 7.39. The molecule has 1 unspecified atom stereocenters. The number of nitrogens with zero attached hydrogens (tertiary/aromatic N) is 1. The zero-order chi connectivity index (χ0) is 12.1. The van der Waals surface area contributed by atoms with E-state index in [1.807, 2.05) is 11.4 Å². The Balaban J connectivity index is 1.39. The fourth-order valence-corrected chi connectivity index (χ4v) is 4.47. The van der Waals surface area contributed by atoms with E-state index in [0.29, 0.717) is 23.0 Å². The lowest BCUT2D eigenvalue weighted by atomic mass is 10.4. The van der Waals surface area contributed by atoms with Gasteiger partial charge in [-0.15, -0.1) is 11.3 Å². The largest absolute Gasteiger partial charge is 0.334 e. The van der Waals surface area contributed by atoms with Gasteiger partial charge in [0.25, 0.3) is 0 Å². The Morgan fingerprint density at radius 1 is 1.44 bits per heavy atom. The minimum atomic E-state index is -0.129. The van der Waals surface area contributed by atoms with Crippen LogP contribution in [0, 0.1) is 11.8 Å². The third-order valence-corrected chi connectivity index (χ3v) is 5.65. The molecule has 3 heterocycles. The topological polar surface area (TPSA) is 66.0 Å². The van der Waals surface area contributed by atoms with Gasteiger partial charge in [-0.3, -0.25) is 5.32 Å². The SMILES string of the molecule is O=C(Nc1nc2ccsc2s1)NC1[C@H]2CNC[C@@H]12. The van der Waals surface area contributed by atoms with Gasteiger partial charge in [-0.25, -0.2) is 9.78 Å². The molecule has 0 radical (unpaired) electrons. The molecule has 2 aliphatic rings. The molecule has 3 N–H and O–H groups in total. The van der Waals surface area contributed by atoms with Gasteiger partial charge in [-0.05, 0) is 23.3 Å². The van der Waals surface area contributed by atoms with Crippen LogP contribution >= 0.6 is 22.7 Å². The van der Waals surface area contributed by atoms with E-state index < -0.39 is 0 Å². The first-order valence-electron chi connectivity index (χ1n) is 5.93. The van der Waals surface area contributed by atoms with E-state index in [4.69, 9.17) is 0 Å². The van der Waals surface area contributed by atoms with Gasteiger partial charge in [0.15, 0.2) is 5.13 Å². The summed E-state index contributed by atoms with van der Waals surface area (Å²) < 4.78 is 1.15. The second-order valence-corrected chi connectivity index (χ2v) is 6.90. The van der Waals surface area contributed by atoms with Crippen LogP contribution < -0.4 is 16.0 Å². The van der Waals surface area contributed by atoms with Crippen molar-refractivity contribution in [3.05, 3.63) is 11.4 Å². The summed E-state index contributed by atoms with van der Waals surface area (Å²) >= 11 is 3.18. The van der Waals surface area contributed by atoms with Crippen molar-refractivity contribution < 1.29 is 4.79 Å². The van der Waals surface area contributed by atoms with Crippen LogP contribution in [0.1, 0.15) is 0 Å². The lowest BCUT2D eigenvalue weighted by molar-refractivity contribution is 0.250. The maximum absolute atomic E-state index is 11.8. The number of thiazole rings is 1. The summed E-state index contributed by atoms with van der Waals surface area (Å²) in [4.78, 5) is 16.2. The number of aromatic nitrogens is 1. The fourth-order valence-electron chi connectivity index (χ4n) is 2.64. The molecule has 4 rings (SSSR count). The smallest absolute Gasteiger partial charge is 0.321 e. The number of nitrogens with one attached hydrogen (secondary N) is 3. The molecule has 1 saturated carbocycles. The Hall–Kier alpha value is -1.18. The zero-order valence-corrected chi connectivity index (χ0v) is 11.1. The lowest BCUT2D eigenvalue weighted by Crippen LogP contribution is -2.35. The van der Waals surface area contributed by atoms with Crippen LogP contribution in [0.2, 0.25) is 0 Å². The van der Waals surface area contributed by atoms with E-state index in [1.54, 1.807) is 11.3 Å². The van der Waals surface area contributed by atoms with Gasteiger partial charge in [-0.2, -0.15) is 0 Å². The third-order valence-electron chi connectivity index (χ3n) is 3.63. The van der Waals surface area contributed by atoms with E-state index in [-0.39, 0.29) is 6.03 Å². The van der Waals surface area contributed by atoms with Crippen LogP contribution in [-0.4, -0.2) is 30.1 Å². The van der Waals surface area contributed by atoms with Crippen molar-refractivity contribution in [1.29, 1.82) is 0 Å². The number of carbonyl (C=O) groups excluding carboxylic acids is 1. The van der Waals surface area contributed by atoms with E-state index in [9.17, 15) is 4.79 Å². The number of amides is 2. The number of urea groups is 1. The second-order valence-electron chi connectivity index (χ2n) is 4.72. The molecule has 2 aromatic heterocycles. The Kier molecular flexibility index (Phi) is 2.33. The van der Waals surface area contributed by atoms with Crippen LogP contribution in [0.15, 0.2) is 11.4 Å². The summed E-state index contributed by atoms with van der Waals surface area (Å²) in [5, 5.41) is 11.8. The van der Waals surface area contributed by atoms with Crippen molar-refractivity contribution in [2.75, 3.05) is 18.4 Å². The fraction of sp³-hybridized carbons (Fsp3) is 0.455. The van der Waals surface area contributed by atoms with Crippen molar-refractivity contribution >= 4 is 43.4 Å². The normalized spacial score (nSPS) is 29.2. The Morgan fingerprint density at radius 3 is 3.06 bits per heavy atom. The molecule has 18 heavy (non-hydrogen) atoms. The number of fused-ring (bicyclic) bond motifs is 2. The predicted octanol–water partition coefficient (Wildman–Crippen LogP) is 1.70. The summed E-state index contributed by atoms with van der Waals surface area (Å²) in [6, 6.07) is 2.19. The molecule has 2 amide bonds. The molecular formula is C11H12N4OS2. The van der Waals surface area contributed by atoms with Gasteiger partial charge in [0.1, 0.15) is 4.01 Å². The van der Waals surface area contributed by atoms with Crippen molar-refractivity contribution in [2.24, 2.45) is 11.8 Å². The van der Waals surface area contributed by atoms with Crippen molar-refractivity contribution in [1.82, 2.24) is 15.6 Å². The standard InChI is InChI=1S/C11H12N4OS2/c16-10(14-8-5-3-12-4-6(5)8)15-11-13-7-1-2-17-9(7)18-11/h1-2,5-6,8,12H,3-4H2,(H2,13,14,15,16)/t5-,6+,8?. The molecular weight excluding hydrogens is 268 g/mol. The van der Waals surface area contributed by atoms with Gasteiger partial charge < -0.3 is 10.6 Å². The van der Waals surface area contributed by atoms with Gasteiger partial charge >= 0.3 is 6.03 Å². The first-order valence-corrected chi connectivity index (χ1v) is 7.63.